The Labute approximate surface area is 107 Å². The minimum absolute atomic E-state index is 0.0518. The Morgan fingerprint density at radius 1 is 1.12 bits per heavy atom. The first kappa shape index (κ1) is 18.6. The van der Waals surface area contributed by atoms with Crippen LogP contribution < -0.4 is 0 Å². The smallest absolute Gasteiger partial charge is 0.104 e. The molecule has 0 bridgehead atoms. The summed E-state index contributed by atoms with van der Waals surface area (Å²) in [6.45, 7) is 10.2. The molecule has 0 unspecified atom stereocenters. The molecule has 0 saturated heterocycles. The first-order valence-electron chi connectivity index (χ1n) is 6.49. The summed E-state index contributed by atoms with van der Waals surface area (Å²) in [5, 5.41) is 8.18. The van der Waals surface area contributed by atoms with Crippen LogP contribution in [0.25, 0.3) is 0 Å². The monoisotopic (exact) mass is 240 g/mol. The third-order valence-corrected chi connectivity index (χ3v) is 1.83. The van der Waals surface area contributed by atoms with Crippen molar-refractivity contribution in [1.82, 2.24) is 0 Å². The average molecular weight is 240 g/mol. The van der Waals surface area contributed by atoms with Crippen molar-refractivity contribution in [3.8, 4) is 11.8 Å². The van der Waals surface area contributed by atoms with Gasteiger partial charge in [0.2, 0.25) is 0 Å². The summed E-state index contributed by atoms with van der Waals surface area (Å²) < 4.78 is 5.31. The fourth-order valence-corrected chi connectivity index (χ4v) is 0.836. The first-order chi connectivity index (χ1) is 8.18. The predicted molar refractivity (Wildman–Crippen MR) is 74.9 cm³/mol. The molecule has 0 radical (unpaired) electrons. The summed E-state index contributed by atoms with van der Waals surface area (Å²) >= 11 is 0. The molecule has 0 spiro atoms. The van der Waals surface area contributed by atoms with Crippen LogP contribution in [0.4, 0.5) is 0 Å². The number of hydrogen-bond donors (Lipinski definition) is 1. The Morgan fingerprint density at radius 2 is 1.65 bits per heavy atom. The lowest BCUT2D eigenvalue weighted by Crippen LogP contribution is -1.95. The molecule has 0 fully saturated rings. The van der Waals surface area contributed by atoms with Crippen molar-refractivity contribution in [3.05, 3.63) is 11.6 Å². The van der Waals surface area contributed by atoms with E-state index in [0.717, 1.165) is 18.8 Å². The maximum atomic E-state index is 8.18. The van der Waals surface area contributed by atoms with Crippen molar-refractivity contribution in [2.75, 3.05) is 19.8 Å². The molecule has 0 amide bonds. The summed E-state index contributed by atoms with van der Waals surface area (Å²) in [7, 11) is 0. The zero-order valence-corrected chi connectivity index (χ0v) is 11.9. The summed E-state index contributed by atoms with van der Waals surface area (Å²) in [4.78, 5) is 0. The molecule has 0 aliphatic heterocycles. The van der Waals surface area contributed by atoms with Crippen LogP contribution in [0.5, 0.6) is 0 Å². The molecule has 0 aromatic heterocycles. The maximum Gasteiger partial charge on any atom is 0.104 e. The van der Waals surface area contributed by atoms with Gasteiger partial charge in [0.15, 0.2) is 0 Å². The van der Waals surface area contributed by atoms with Crippen molar-refractivity contribution in [2.24, 2.45) is 0 Å². The molecule has 0 aliphatic carbocycles. The standard InChI is InChI=1S/C8H18O.C7H10O/c1-3-5-7-9-8-6-4-2;1-7(2)5-3-4-6-8/h3-8H2,1-2H3;5,8H,6H2,1-2H3. The van der Waals surface area contributed by atoms with Crippen molar-refractivity contribution >= 4 is 0 Å². The van der Waals surface area contributed by atoms with E-state index in [0.29, 0.717) is 0 Å². The molecule has 0 atom stereocenters. The molecule has 0 aliphatic rings. The Balaban J connectivity index is 0. The molecular formula is C15H28O2. The number of ether oxygens (including phenoxy) is 1. The van der Waals surface area contributed by atoms with Gasteiger partial charge in [-0.2, -0.15) is 0 Å². The van der Waals surface area contributed by atoms with E-state index in [2.05, 4.69) is 25.7 Å². The van der Waals surface area contributed by atoms with E-state index in [1.807, 2.05) is 13.8 Å². The van der Waals surface area contributed by atoms with Crippen LogP contribution in [0.2, 0.25) is 0 Å². The number of aliphatic hydroxyl groups excluding tert-OH is 1. The van der Waals surface area contributed by atoms with Gasteiger partial charge >= 0.3 is 0 Å². The highest BCUT2D eigenvalue weighted by molar-refractivity contribution is 5.18. The van der Waals surface area contributed by atoms with Gasteiger partial charge in [-0.15, -0.1) is 0 Å². The van der Waals surface area contributed by atoms with Gasteiger partial charge in [-0.05, 0) is 32.8 Å². The van der Waals surface area contributed by atoms with Gasteiger partial charge in [0.05, 0.1) is 0 Å². The van der Waals surface area contributed by atoms with Gasteiger partial charge < -0.3 is 9.84 Å². The fourth-order valence-electron chi connectivity index (χ4n) is 0.836. The number of rotatable bonds is 6. The lowest BCUT2D eigenvalue weighted by atomic mass is 10.3. The number of allylic oxidation sites excluding steroid dienone is 2. The molecule has 0 aromatic carbocycles. The quantitative estimate of drug-likeness (QED) is 0.568. The largest absolute Gasteiger partial charge is 0.384 e. The minimum atomic E-state index is -0.0518. The van der Waals surface area contributed by atoms with E-state index in [1.54, 1.807) is 6.08 Å². The fraction of sp³-hybridized carbons (Fsp3) is 0.733. The third-order valence-electron chi connectivity index (χ3n) is 1.83. The lowest BCUT2D eigenvalue weighted by Gasteiger charge is -1.99. The van der Waals surface area contributed by atoms with Gasteiger partial charge in [0, 0.05) is 13.2 Å². The first-order valence-corrected chi connectivity index (χ1v) is 6.49. The summed E-state index contributed by atoms with van der Waals surface area (Å²) in [6, 6.07) is 0. The Kier molecular flexibility index (Phi) is 19.2. The van der Waals surface area contributed by atoms with Crippen molar-refractivity contribution in [2.45, 2.75) is 53.4 Å². The van der Waals surface area contributed by atoms with E-state index >= 15 is 0 Å². The van der Waals surface area contributed by atoms with Gasteiger partial charge in [0.1, 0.15) is 6.61 Å². The van der Waals surface area contributed by atoms with Gasteiger partial charge in [-0.25, -0.2) is 0 Å². The van der Waals surface area contributed by atoms with Crippen LogP contribution in [0.3, 0.4) is 0 Å². The van der Waals surface area contributed by atoms with Gasteiger partial charge in [-0.1, -0.05) is 44.1 Å². The van der Waals surface area contributed by atoms with Gasteiger partial charge in [0.25, 0.3) is 0 Å². The summed E-state index contributed by atoms with van der Waals surface area (Å²) in [5.74, 6) is 5.18. The van der Waals surface area contributed by atoms with E-state index < -0.39 is 0 Å². The zero-order chi connectivity index (χ0) is 13.4. The third kappa shape index (κ3) is 25.5. The van der Waals surface area contributed by atoms with E-state index in [9.17, 15) is 0 Å². The zero-order valence-electron chi connectivity index (χ0n) is 11.9. The van der Waals surface area contributed by atoms with Crippen LogP contribution in [0, 0.1) is 11.8 Å². The van der Waals surface area contributed by atoms with Crippen molar-refractivity contribution in [3.63, 3.8) is 0 Å². The topological polar surface area (TPSA) is 29.5 Å². The second-order valence-electron chi connectivity index (χ2n) is 4.02. The Bertz CT molecular complexity index is 211. The normalized spacial score (nSPS) is 8.53. The van der Waals surface area contributed by atoms with E-state index in [1.165, 1.54) is 25.7 Å². The molecule has 2 heteroatoms. The van der Waals surface area contributed by atoms with Crippen LogP contribution >= 0.6 is 0 Å². The number of unbranched alkanes of at least 4 members (excludes halogenated alkanes) is 2. The highest BCUT2D eigenvalue weighted by atomic mass is 16.5. The molecule has 0 heterocycles. The average Bonchev–Trinajstić information content (AvgIpc) is 2.30. The molecule has 17 heavy (non-hydrogen) atoms. The second-order valence-corrected chi connectivity index (χ2v) is 4.02. The number of hydrogen-bond acceptors (Lipinski definition) is 2. The Morgan fingerprint density at radius 3 is 2.00 bits per heavy atom. The minimum Gasteiger partial charge on any atom is -0.384 e. The van der Waals surface area contributed by atoms with Crippen LogP contribution in [-0.4, -0.2) is 24.9 Å². The molecule has 100 valence electrons. The molecule has 0 rings (SSSR count). The highest BCUT2D eigenvalue weighted by Gasteiger charge is 1.84. The summed E-state index contributed by atoms with van der Waals surface area (Å²) in [6.07, 6.45) is 6.68. The predicted octanol–water partition coefficient (Wildman–Crippen LogP) is 3.55. The lowest BCUT2D eigenvalue weighted by molar-refractivity contribution is 0.128. The molecule has 0 saturated carbocycles. The molecular weight excluding hydrogens is 212 g/mol. The van der Waals surface area contributed by atoms with Crippen molar-refractivity contribution in [1.29, 1.82) is 0 Å². The van der Waals surface area contributed by atoms with Gasteiger partial charge in [-0.3, -0.25) is 0 Å². The maximum absolute atomic E-state index is 8.18. The van der Waals surface area contributed by atoms with E-state index in [-0.39, 0.29) is 6.61 Å². The SMILES string of the molecule is CC(C)=CC#CCO.CCCCOCCCC. The van der Waals surface area contributed by atoms with Crippen LogP contribution in [0.15, 0.2) is 11.6 Å². The van der Waals surface area contributed by atoms with Crippen LogP contribution in [0.1, 0.15) is 53.4 Å². The molecule has 1 N–H and O–H groups in total. The summed E-state index contributed by atoms with van der Waals surface area (Å²) in [5.41, 5.74) is 1.16. The number of aliphatic hydroxyl groups is 1. The molecule has 0 aromatic rings. The van der Waals surface area contributed by atoms with Crippen molar-refractivity contribution < 1.29 is 9.84 Å². The second kappa shape index (κ2) is 17.6. The van der Waals surface area contributed by atoms with E-state index in [4.69, 9.17) is 9.84 Å². The molecule has 2 nitrogen and oxygen atoms in total. The van der Waals surface area contributed by atoms with Crippen LogP contribution in [-0.2, 0) is 4.74 Å². The highest BCUT2D eigenvalue weighted by Crippen LogP contribution is 1.91. The Hall–Kier alpha value is -0.780.